The Kier molecular flexibility index (Phi) is 28.2. The second-order valence-corrected chi connectivity index (χ2v) is 25.3. The van der Waals surface area contributed by atoms with Gasteiger partial charge in [0, 0.05) is 85.5 Å². The zero-order chi connectivity index (χ0) is 70.1. The quantitative estimate of drug-likeness (QED) is 0.0643. The van der Waals surface area contributed by atoms with Gasteiger partial charge in [0.25, 0.3) is 5.91 Å². The van der Waals surface area contributed by atoms with Gasteiger partial charge in [0.15, 0.2) is 0 Å². The summed E-state index contributed by atoms with van der Waals surface area (Å²) >= 11 is 2.28. The van der Waals surface area contributed by atoms with Gasteiger partial charge in [0.05, 0.1) is 19.0 Å². The number of primary amides is 1. The minimum absolute atomic E-state index is 0.0826. The molecule has 4 bridgehead atoms. The topological polar surface area (TPSA) is 497 Å². The molecule has 34 heteroatoms. The Morgan fingerprint density at radius 2 is 1.18 bits per heavy atom. The van der Waals surface area contributed by atoms with Crippen molar-refractivity contribution in [2.24, 2.45) is 10.9 Å². The van der Waals surface area contributed by atoms with Crippen molar-refractivity contribution in [1.82, 2.24) is 57.4 Å². The molecular formula is C63H77N13O19S2-2. The molecule has 7 rings (SSSR count). The molecule has 10 amide bonds. The molecular weight excluding hydrogens is 1310 g/mol. The number of aromatic hydroxyl groups is 2. The lowest BCUT2D eigenvalue weighted by atomic mass is 10.0. The average molecular weight is 1380 g/mol. The molecule has 4 aromatic rings. The fourth-order valence-electron chi connectivity index (χ4n) is 10.6. The molecule has 0 spiro atoms. The number of aliphatic hydroxyl groups excluding tert-OH is 1. The first-order valence-electron chi connectivity index (χ1n) is 31.1. The number of carbonyl (C=O) groups excluding carboxylic acids is 12. The third kappa shape index (κ3) is 23.7. The first-order chi connectivity index (χ1) is 46.4. The summed E-state index contributed by atoms with van der Waals surface area (Å²) in [5.74, 6) is -14.4. The van der Waals surface area contributed by atoms with E-state index in [9.17, 15) is 78.3 Å². The summed E-state index contributed by atoms with van der Waals surface area (Å²) in [6.07, 6.45) is 0.913. The van der Waals surface area contributed by atoms with Crippen LogP contribution in [-0.4, -0.2) is 199 Å². The average Bonchev–Trinajstić information content (AvgIpc) is 1.83. The minimum atomic E-state index is -2.07. The highest BCUT2D eigenvalue weighted by molar-refractivity contribution is 7.98. The van der Waals surface area contributed by atoms with Gasteiger partial charge in [0.1, 0.15) is 84.4 Å². The molecule has 3 aromatic carbocycles. The number of aromatic nitrogens is 2. The number of benzene rings is 3. The van der Waals surface area contributed by atoms with Crippen LogP contribution in [0.3, 0.4) is 0 Å². The maximum absolute atomic E-state index is 15.1. The number of nitrogens with zero attached hydrogens (tertiary/aromatic N) is 3. The van der Waals surface area contributed by atoms with Crippen LogP contribution in [0.1, 0.15) is 86.2 Å². The van der Waals surface area contributed by atoms with E-state index in [4.69, 9.17) is 15.3 Å². The predicted molar refractivity (Wildman–Crippen MR) is 343 cm³/mol. The summed E-state index contributed by atoms with van der Waals surface area (Å²) < 4.78 is 6.25. The highest BCUT2D eigenvalue weighted by Crippen LogP contribution is 2.27. The molecule has 0 radical (unpaired) electrons. The number of ether oxygens (including phenoxy) is 1. The highest BCUT2D eigenvalue weighted by atomic mass is 32.2. The van der Waals surface area contributed by atoms with E-state index in [0.29, 0.717) is 65.6 Å². The lowest BCUT2D eigenvalue weighted by molar-refractivity contribution is -0.307. The van der Waals surface area contributed by atoms with Crippen molar-refractivity contribution >= 4 is 101 Å². The van der Waals surface area contributed by atoms with Gasteiger partial charge in [0.2, 0.25) is 53.2 Å². The van der Waals surface area contributed by atoms with Crippen LogP contribution >= 0.6 is 23.5 Å². The minimum Gasteiger partial charge on any atom is -0.550 e. The summed E-state index contributed by atoms with van der Waals surface area (Å²) in [5.41, 5.74) is 8.23. The second kappa shape index (κ2) is 36.8. The number of rotatable bonds is 12. The summed E-state index contributed by atoms with van der Waals surface area (Å²) in [7, 11) is 0. The molecule has 3 aliphatic heterocycles. The number of thioether (sulfide) groups is 2. The number of H-pyrrole nitrogens is 1. The van der Waals surface area contributed by atoms with E-state index in [1.54, 1.807) is 18.2 Å². The standard InChI is InChI=1S/C63H79N13O19S2/c1-34(77)54-62(92)71-43(22-35-8-12-40(78)13-9-35)56(86)69-44(24-39-27-65-33-66-39)57(87)73-48(55(64)85)31-96-29-37-19-38-21-42(20-37)94-17-4-2-3-5-18-95-67-28-51(80)68-45(25-52(81)82)58(88)74-49(32-97-30-38)60(90)72-47(23-36-10-14-41(79)15-11-36)63(93)76-16-6-7-50(76)61(91)70-46(26-53(83)84)59(89)75-54/h8-15,19-21,27-28,33-34,43-50,54,77-79H,2-7,16-18,22-26,29-32H2,1H3,(H2,64,85)(H,65,66)(H,68,80)(H,69,86)(H,70,91)(H,71,92)(H,72,90)(H,73,87)(H,74,88)(H,75,89)(H,81,82)(H,83,84)/p-2/b67-28+/t34-,43+,44+,45+,46+,47+,48+,49+,50+,54+/m1/s1. The summed E-state index contributed by atoms with van der Waals surface area (Å²) in [6, 6.07) is 1.08. The monoisotopic (exact) mass is 1380 g/mol. The van der Waals surface area contributed by atoms with Crippen molar-refractivity contribution in [3.63, 3.8) is 0 Å². The molecule has 3 aliphatic rings. The van der Waals surface area contributed by atoms with E-state index < -0.39 is 144 Å². The van der Waals surface area contributed by atoms with E-state index in [2.05, 4.69) is 57.7 Å². The number of aliphatic carboxylic acids is 2. The predicted octanol–water partition coefficient (Wildman–Crippen LogP) is -4.00. The van der Waals surface area contributed by atoms with Gasteiger partial charge in [-0.3, -0.25) is 47.9 Å². The van der Waals surface area contributed by atoms with Crippen LogP contribution in [0.2, 0.25) is 0 Å². The van der Waals surface area contributed by atoms with Crippen LogP contribution in [0.15, 0.2) is 84.4 Å². The van der Waals surface area contributed by atoms with E-state index in [1.165, 1.54) is 72.8 Å². The lowest BCUT2D eigenvalue weighted by Gasteiger charge is -2.31. The van der Waals surface area contributed by atoms with Crippen molar-refractivity contribution in [1.29, 1.82) is 0 Å². The molecule has 97 heavy (non-hydrogen) atoms. The van der Waals surface area contributed by atoms with Crippen molar-refractivity contribution in [2.45, 2.75) is 150 Å². The number of carbonyl (C=O) groups is 12. The van der Waals surface area contributed by atoms with Crippen molar-refractivity contribution in [3.8, 4) is 17.2 Å². The SMILES string of the molecule is C[C@@H](O)[C@@H]1NC(=O)[C@H](CC(=O)[O-])NC(=O)[C@@H]2CCCN2C(=O)[C@H](Cc2ccc(O)cc2)NC(=O)[C@@H]2CSCc3cc(cc(c3)OCCCCCCO/N=C/C(=O)N[C@@H](CC(=O)[O-])C(=O)N2)CSC[C@@H](C(N)=O)NC(=O)[C@H](Cc2cnc[nH]2)NC(=O)[C@H](Cc2ccc(O)cc2)NC1=O. The van der Waals surface area contributed by atoms with Gasteiger partial charge >= 0.3 is 0 Å². The number of nitrogens with one attached hydrogen (secondary N) is 9. The Morgan fingerprint density at radius 3 is 1.78 bits per heavy atom. The number of fused-ring (bicyclic) bond motifs is 6. The molecule has 10 atom stereocenters. The maximum Gasteiger partial charge on any atom is 0.266 e. The maximum atomic E-state index is 15.1. The second-order valence-electron chi connectivity index (χ2n) is 23.3. The van der Waals surface area contributed by atoms with E-state index >= 15 is 4.79 Å². The largest absolute Gasteiger partial charge is 0.550 e. The van der Waals surface area contributed by atoms with Crippen LogP contribution in [0.4, 0.5) is 0 Å². The van der Waals surface area contributed by atoms with Crippen LogP contribution in [0.5, 0.6) is 17.2 Å². The number of aliphatic hydroxyl groups is 1. The fraction of sp³-hybridized carbons (Fsp3) is 0.460. The van der Waals surface area contributed by atoms with Gasteiger partial charge in [-0.15, -0.1) is 0 Å². The fourth-order valence-corrected chi connectivity index (χ4v) is 12.6. The normalized spacial score (nSPS) is 24.6. The molecule has 14 N–H and O–H groups in total. The van der Waals surface area contributed by atoms with Crippen molar-refractivity contribution < 1.29 is 92.6 Å². The first kappa shape index (κ1) is 74.4. The number of aromatic amines is 1. The number of carboxylic acids is 2. The molecule has 1 aromatic heterocycles. The summed E-state index contributed by atoms with van der Waals surface area (Å²) in [6.45, 7) is 1.30. The number of oxime groups is 1. The third-order valence-corrected chi connectivity index (χ3v) is 17.8. The number of hydrogen-bond donors (Lipinski definition) is 13. The molecule has 32 nitrogen and oxygen atoms in total. The molecule has 1 saturated heterocycles. The number of phenolic OH excluding ortho intramolecular Hbond substituents is 2. The smallest absolute Gasteiger partial charge is 0.266 e. The van der Waals surface area contributed by atoms with Gasteiger partial charge in [-0.05, 0) is 104 Å². The van der Waals surface area contributed by atoms with Crippen LogP contribution < -0.4 is 63.2 Å². The number of amides is 10. The lowest BCUT2D eigenvalue weighted by Crippen LogP contribution is -2.62. The zero-order valence-electron chi connectivity index (χ0n) is 52.7. The number of nitrogens with two attached hydrogens (primary N) is 1. The van der Waals surface area contributed by atoms with Crippen LogP contribution in [0.25, 0.3) is 0 Å². The molecule has 4 heterocycles. The Labute approximate surface area is 564 Å². The Balaban J connectivity index is 1.29. The van der Waals surface area contributed by atoms with Gasteiger partial charge in [-0.2, -0.15) is 23.5 Å². The number of phenols is 2. The Bertz CT molecular complexity index is 3470. The number of hydrogen-bond acceptors (Lipinski definition) is 23. The van der Waals surface area contributed by atoms with E-state index in [0.717, 1.165) is 23.6 Å². The van der Waals surface area contributed by atoms with E-state index in [1.807, 2.05) is 0 Å². The molecule has 0 aliphatic carbocycles. The molecule has 1 fully saturated rings. The molecule has 522 valence electrons. The van der Waals surface area contributed by atoms with Crippen LogP contribution in [-0.2, 0) is 93.1 Å². The Morgan fingerprint density at radius 1 is 0.629 bits per heavy atom. The Hall–Kier alpha value is -9.96. The summed E-state index contributed by atoms with van der Waals surface area (Å²) in [4.78, 5) is 180. The van der Waals surface area contributed by atoms with Crippen molar-refractivity contribution in [2.75, 3.05) is 31.3 Å². The first-order valence-corrected chi connectivity index (χ1v) is 33.4. The summed E-state index contributed by atoms with van der Waals surface area (Å²) in [5, 5.41) is 79.0. The molecule has 0 saturated carbocycles. The van der Waals surface area contributed by atoms with Gasteiger partial charge < -0.3 is 103 Å². The van der Waals surface area contributed by atoms with Gasteiger partial charge in [-0.1, -0.05) is 35.5 Å². The van der Waals surface area contributed by atoms with Crippen LogP contribution in [0, 0.1) is 0 Å². The number of carboxylic acid groups (broad SMARTS) is 2. The van der Waals surface area contributed by atoms with E-state index in [-0.39, 0.29) is 86.4 Å². The third-order valence-electron chi connectivity index (χ3n) is 15.6. The van der Waals surface area contributed by atoms with Gasteiger partial charge in [-0.25, -0.2) is 4.98 Å². The molecule has 0 unspecified atom stereocenters. The zero-order valence-corrected chi connectivity index (χ0v) is 54.3. The number of imidazole rings is 1. The highest BCUT2D eigenvalue weighted by Gasteiger charge is 2.41. The van der Waals surface area contributed by atoms with Crippen molar-refractivity contribution in [3.05, 3.63) is 107 Å².